The molecule has 0 spiro atoms. The first-order valence-corrected chi connectivity index (χ1v) is 7.62. The second-order valence-electron chi connectivity index (χ2n) is 4.74. The van der Waals surface area contributed by atoms with Crippen molar-refractivity contribution < 1.29 is 14.4 Å². The van der Waals surface area contributed by atoms with Gasteiger partial charge in [-0.3, -0.25) is 14.4 Å². The van der Waals surface area contributed by atoms with Crippen LogP contribution in [0, 0.1) is 0 Å². The van der Waals surface area contributed by atoms with Gasteiger partial charge in [0.1, 0.15) is 0 Å². The summed E-state index contributed by atoms with van der Waals surface area (Å²) in [6.45, 7) is 0. The summed E-state index contributed by atoms with van der Waals surface area (Å²) in [7, 11) is 0. The van der Waals surface area contributed by atoms with E-state index in [2.05, 4.69) is 15.8 Å². The van der Waals surface area contributed by atoms with E-state index in [-0.39, 0.29) is 10.6 Å². The molecule has 0 atom stereocenters. The molecule has 128 valence electrons. The van der Waals surface area contributed by atoms with Crippen molar-refractivity contribution in [3.05, 3.63) is 63.6 Å². The van der Waals surface area contributed by atoms with E-state index in [1.54, 1.807) is 18.2 Å². The molecule has 0 bridgehead atoms. The summed E-state index contributed by atoms with van der Waals surface area (Å²) in [6, 6.07) is 10.7. The number of halogens is 2. The molecular weight excluding hydrogens is 367 g/mol. The zero-order valence-corrected chi connectivity index (χ0v) is 14.1. The van der Waals surface area contributed by atoms with E-state index in [0.29, 0.717) is 16.3 Å². The number of rotatable bonds is 4. The molecule has 0 aliphatic carbocycles. The average molecular weight is 379 g/mol. The Morgan fingerprint density at radius 3 is 2.32 bits per heavy atom. The SMILES string of the molecule is NC(=O)c1ccc(NC(=O)C(=O)N/N=C/c2cccc(Cl)c2Cl)cc1. The summed E-state index contributed by atoms with van der Waals surface area (Å²) in [5.74, 6) is -2.50. The highest BCUT2D eigenvalue weighted by atomic mass is 35.5. The van der Waals surface area contributed by atoms with Crippen molar-refractivity contribution in [2.75, 3.05) is 5.32 Å². The number of anilines is 1. The van der Waals surface area contributed by atoms with Gasteiger partial charge in [-0.05, 0) is 30.3 Å². The third kappa shape index (κ3) is 5.03. The third-order valence-corrected chi connectivity index (χ3v) is 3.82. The van der Waals surface area contributed by atoms with E-state index >= 15 is 0 Å². The number of carbonyl (C=O) groups is 3. The van der Waals surface area contributed by atoms with Crippen LogP contribution in [0.3, 0.4) is 0 Å². The van der Waals surface area contributed by atoms with Gasteiger partial charge in [-0.25, -0.2) is 5.43 Å². The van der Waals surface area contributed by atoms with Gasteiger partial charge in [0.25, 0.3) is 0 Å². The fourth-order valence-corrected chi connectivity index (χ4v) is 2.09. The molecule has 0 saturated carbocycles. The first-order valence-electron chi connectivity index (χ1n) is 6.86. The van der Waals surface area contributed by atoms with Gasteiger partial charge in [0.2, 0.25) is 5.91 Å². The number of nitrogens with zero attached hydrogens (tertiary/aromatic N) is 1. The minimum absolute atomic E-state index is 0.279. The highest BCUT2D eigenvalue weighted by Gasteiger charge is 2.13. The van der Waals surface area contributed by atoms with E-state index in [4.69, 9.17) is 28.9 Å². The summed E-state index contributed by atoms with van der Waals surface area (Å²) in [5, 5.41) is 6.63. The van der Waals surface area contributed by atoms with Crippen LogP contribution >= 0.6 is 23.2 Å². The highest BCUT2D eigenvalue weighted by molar-refractivity contribution is 6.43. The molecule has 2 rings (SSSR count). The Balaban J connectivity index is 1.94. The molecule has 0 aromatic heterocycles. The van der Waals surface area contributed by atoms with Crippen molar-refractivity contribution in [2.24, 2.45) is 10.8 Å². The van der Waals surface area contributed by atoms with Crippen LogP contribution in [-0.2, 0) is 9.59 Å². The van der Waals surface area contributed by atoms with Gasteiger partial charge in [-0.15, -0.1) is 0 Å². The molecule has 3 amide bonds. The molecule has 25 heavy (non-hydrogen) atoms. The quantitative estimate of drug-likeness (QED) is 0.430. The zero-order chi connectivity index (χ0) is 18.4. The molecule has 0 aliphatic heterocycles. The predicted octanol–water partition coefficient (Wildman–Crippen LogP) is 2.18. The van der Waals surface area contributed by atoms with Crippen molar-refractivity contribution in [2.45, 2.75) is 0 Å². The maximum Gasteiger partial charge on any atom is 0.329 e. The summed E-state index contributed by atoms with van der Waals surface area (Å²) in [4.78, 5) is 34.4. The summed E-state index contributed by atoms with van der Waals surface area (Å²) in [6.07, 6.45) is 1.26. The van der Waals surface area contributed by atoms with Crippen LogP contribution in [0.2, 0.25) is 10.0 Å². The molecule has 0 aliphatic rings. The van der Waals surface area contributed by atoms with Crippen molar-refractivity contribution in [1.82, 2.24) is 5.43 Å². The summed E-state index contributed by atoms with van der Waals surface area (Å²) in [5.41, 5.74) is 8.27. The van der Waals surface area contributed by atoms with E-state index in [0.717, 1.165) is 0 Å². The maximum atomic E-state index is 11.8. The first-order chi connectivity index (χ1) is 11.9. The summed E-state index contributed by atoms with van der Waals surface area (Å²) >= 11 is 11.8. The van der Waals surface area contributed by atoms with Gasteiger partial charge < -0.3 is 11.1 Å². The van der Waals surface area contributed by atoms with E-state index in [9.17, 15) is 14.4 Å². The molecule has 2 aromatic carbocycles. The topological polar surface area (TPSA) is 114 Å². The molecule has 7 nitrogen and oxygen atoms in total. The zero-order valence-electron chi connectivity index (χ0n) is 12.6. The standard InChI is InChI=1S/C16H12Cl2N4O3/c17-12-3-1-2-10(13(12)18)8-20-22-16(25)15(24)21-11-6-4-9(5-7-11)14(19)23/h1-8H,(H2,19,23)(H,21,24)(H,22,25)/b20-8+. The largest absolute Gasteiger partial charge is 0.366 e. The monoisotopic (exact) mass is 378 g/mol. The van der Waals surface area contributed by atoms with Gasteiger partial charge in [0, 0.05) is 16.8 Å². The second-order valence-corrected chi connectivity index (χ2v) is 5.52. The Labute approximate surface area is 152 Å². The lowest BCUT2D eigenvalue weighted by Gasteiger charge is -2.04. The number of amides is 3. The van der Waals surface area contributed by atoms with Gasteiger partial charge in [0.05, 0.1) is 16.3 Å². The minimum atomic E-state index is -0.978. The fourth-order valence-electron chi connectivity index (χ4n) is 1.74. The lowest BCUT2D eigenvalue weighted by atomic mass is 10.2. The van der Waals surface area contributed by atoms with E-state index < -0.39 is 17.7 Å². The van der Waals surface area contributed by atoms with E-state index in [1.807, 2.05) is 0 Å². The first kappa shape index (κ1) is 18.4. The molecule has 2 aromatic rings. The Morgan fingerprint density at radius 2 is 1.68 bits per heavy atom. The number of primary amides is 1. The van der Waals surface area contributed by atoms with Crippen LogP contribution < -0.4 is 16.5 Å². The molecular formula is C16H12Cl2N4O3. The lowest BCUT2D eigenvalue weighted by molar-refractivity contribution is -0.136. The van der Waals surface area contributed by atoms with E-state index in [1.165, 1.54) is 30.5 Å². The number of hydrogen-bond donors (Lipinski definition) is 3. The molecule has 9 heteroatoms. The molecule has 0 unspecified atom stereocenters. The number of nitrogens with two attached hydrogens (primary N) is 1. The van der Waals surface area contributed by atoms with Crippen LogP contribution in [-0.4, -0.2) is 23.9 Å². The van der Waals surface area contributed by atoms with Crippen LogP contribution in [0.1, 0.15) is 15.9 Å². The van der Waals surface area contributed by atoms with Gasteiger partial charge in [0.15, 0.2) is 0 Å². The Kier molecular flexibility index (Phi) is 6.10. The summed E-state index contributed by atoms with van der Waals surface area (Å²) < 4.78 is 0. The Bertz CT molecular complexity index is 851. The van der Waals surface area contributed by atoms with Crippen molar-refractivity contribution in [3.8, 4) is 0 Å². The molecule has 0 saturated heterocycles. The van der Waals surface area contributed by atoms with Crippen LogP contribution in [0.4, 0.5) is 5.69 Å². The smallest absolute Gasteiger partial charge is 0.329 e. The lowest BCUT2D eigenvalue weighted by Crippen LogP contribution is -2.32. The number of hydrogen-bond acceptors (Lipinski definition) is 4. The molecule has 0 fully saturated rings. The molecule has 0 radical (unpaired) electrons. The van der Waals surface area contributed by atoms with Crippen molar-refractivity contribution in [3.63, 3.8) is 0 Å². The Hall–Kier alpha value is -2.90. The predicted molar refractivity (Wildman–Crippen MR) is 95.8 cm³/mol. The second kappa shape index (κ2) is 8.27. The number of hydrazone groups is 1. The van der Waals surface area contributed by atoms with Crippen molar-refractivity contribution >= 4 is 52.8 Å². The number of nitrogens with one attached hydrogen (secondary N) is 2. The highest BCUT2D eigenvalue weighted by Crippen LogP contribution is 2.24. The van der Waals surface area contributed by atoms with Crippen LogP contribution in [0.15, 0.2) is 47.6 Å². The third-order valence-electron chi connectivity index (χ3n) is 2.98. The number of carbonyl (C=O) groups excluding carboxylic acids is 3. The number of benzene rings is 2. The minimum Gasteiger partial charge on any atom is -0.366 e. The average Bonchev–Trinajstić information content (AvgIpc) is 2.59. The molecule has 0 heterocycles. The van der Waals surface area contributed by atoms with Crippen LogP contribution in [0.5, 0.6) is 0 Å². The fraction of sp³-hybridized carbons (Fsp3) is 0. The Morgan fingerprint density at radius 1 is 1.00 bits per heavy atom. The normalized spacial score (nSPS) is 10.5. The van der Waals surface area contributed by atoms with Crippen molar-refractivity contribution in [1.29, 1.82) is 0 Å². The van der Waals surface area contributed by atoms with Gasteiger partial charge >= 0.3 is 11.8 Å². The van der Waals surface area contributed by atoms with Gasteiger partial charge in [-0.1, -0.05) is 35.3 Å². The van der Waals surface area contributed by atoms with Gasteiger partial charge in [-0.2, -0.15) is 5.10 Å². The van der Waals surface area contributed by atoms with Crippen LogP contribution in [0.25, 0.3) is 0 Å². The maximum absolute atomic E-state index is 11.8. The molecule has 4 N–H and O–H groups in total.